The summed E-state index contributed by atoms with van der Waals surface area (Å²) in [6.45, 7) is 7.44. The Morgan fingerprint density at radius 1 is 1.30 bits per heavy atom. The molecule has 1 heterocycles. The van der Waals surface area contributed by atoms with E-state index in [2.05, 4.69) is 20.9 Å². The number of ether oxygens (including phenoxy) is 1. The molecule has 0 amide bonds. The summed E-state index contributed by atoms with van der Waals surface area (Å²) in [6.07, 6.45) is -1.10. The van der Waals surface area contributed by atoms with E-state index in [9.17, 15) is 9.90 Å². The van der Waals surface area contributed by atoms with Crippen molar-refractivity contribution in [3.05, 3.63) is 50.4 Å². The molecule has 0 bridgehead atoms. The van der Waals surface area contributed by atoms with Crippen LogP contribution in [0.1, 0.15) is 38.0 Å². The molecule has 1 atom stereocenters. The van der Waals surface area contributed by atoms with Crippen molar-refractivity contribution in [3.8, 4) is 11.1 Å². The van der Waals surface area contributed by atoms with E-state index in [0.717, 1.165) is 30.8 Å². The smallest absolute Gasteiger partial charge is 0.337 e. The van der Waals surface area contributed by atoms with E-state index >= 15 is 0 Å². The predicted octanol–water partition coefficient (Wildman–Crippen LogP) is 6.63. The van der Waals surface area contributed by atoms with Crippen LogP contribution in [0.4, 0.5) is 0 Å². The molecule has 0 aliphatic heterocycles. The van der Waals surface area contributed by atoms with Crippen molar-refractivity contribution in [2.45, 2.75) is 39.4 Å². The fourth-order valence-corrected chi connectivity index (χ4v) is 4.67. The van der Waals surface area contributed by atoms with Gasteiger partial charge in [-0.1, -0.05) is 23.7 Å². The molecule has 1 N–H and O–H groups in total. The van der Waals surface area contributed by atoms with Crippen molar-refractivity contribution in [3.63, 3.8) is 0 Å². The van der Waals surface area contributed by atoms with E-state index in [4.69, 9.17) is 16.3 Å². The van der Waals surface area contributed by atoms with Gasteiger partial charge in [0.05, 0.1) is 15.8 Å². The van der Waals surface area contributed by atoms with Crippen LogP contribution in [0.25, 0.3) is 21.3 Å². The van der Waals surface area contributed by atoms with Crippen molar-refractivity contribution in [1.29, 1.82) is 0 Å². The molecule has 0 radical (unpaired) electrons. The topological polar surface area (TPSA) is 59.4 Å². The summed E-state index contributed by atoms with van der Waals surface area (Å²) < 4.78 is 7.61. The SMILES string of the molecule is Cc1cc2nc(Br)sc2c(-c2ccc(Cl)cc2)c1[C@H](OC(C)(C)C)C(=O)O. The van der Waals surface area contributed by atoms with Crippen molar-refractivity contribution in [2.75, 3.05) is 0 Å². The van der Waals surface area contributed by atoms with Gasteiger partial charge in [0.15, 0.2) is 10.0 Å². The number of benzene rings is 2. The Morgan fingerprint density at radius 2 is 1.93 bits per heavy atom. The number of hydrogen-bond donors (Lipinski definition) is 1. The molecule has 0 fully saturated rings. The van der Waals surface area contributed by atoms with Crippen LogP contribution in [0, 0.1) is 6.92 Å². The zero-order chi connectivity index (χ0) is 19.9. The van der Waals surface area contributed by atoms with Gasteiger partial charge in [-0.25, -0.2) is 9.78 Å². The van der Waals surface area contributed by atoms with Crippen LogP contribution in [0.2, 0.25) is 5.02 Å². The minimum atomic E-state index is -1.10. The third-order valence-corrected chi connectivity index (χ3v) is 5.78. The first-order valence-corrected chi connectivity index (χ1v) is 10.3. The minimum absolute atomic E-state index is 0.615. The van der Waals surface area contributed by atoms with Crippen LogP contribution in [-0.4, -0.2) is 21.7 Å². The number of halogens is 2. The van der Waals surface area contributed by atoms with Crippen LogP contribution >= 0.6 is 38.9 Å². The lowest BCUT2D eigenvalue weighted by atomic mass is 9.91. The second-order valence-electron chi connectivity index (χ2n) is 7.25. The quantitative estimate of drug-likeness (QED) is 0.467. The Morgan fingerprint density at radius 3 is 2.48 bits per heavy atom. The maximum Gasteiger partial charge on any atom is 0.337 e. The van der Waals surface area contributed by atoms with Gasteiger partial charge in [-0.2, -0.15) is 0 Å². The summed E-state index contributed by atoms with van der Waals surface area (Å²) >= 11 is 11.0. The molecule has 0 aliphatic rings. The molecule has 0 saturated carbocycles. The molecule has 0 aliphatic carbocycles. The van der Waals surface area contributed by atoms with Crippen molar-refractivity contribution < 1.29 is 14.6 Å². The number of nitrogens with zero attached hydrogens (tertiary/aromatic N) is 1. The fourth-order valence-electron chi connectivity index (χ4n) is 3.01. The van der Waals surface area contributed by atoms with Crippen LogP contribution in [0.3, 0.4) is 0 Å². The Hall–Kier alpha value is -1.47. The predicted molar refractivity (Wildman–Crippen MR) is 114 cm³/mol. The number of carbonyl (C=O) groups is 1. The maximum atomic E-state index is 12.1. The highest BCUT2D eigenvalue weighted by Gasteiger charge is 2.32. The monoisotopic (exact) mass is 467 g/mol. The summed E-state index contributed by atoms with van der Waals surface area (Å²) in [7, 11) is 0. The third kappa shape index (κ3) is 4.35. The number of aromatic nitrogens is 1. The van der Waals surface area contributed by atoms with Crippen LogP contribution in [0.5, 0.6) is 0 Å². The Labute approximate surface area is 175 Å². The highest BCUT2D eigenvalue weighted by atomic mass is 79.9. The number of carboxylic acid groups (broad SMARTS) is 1. The van der Waals surface area contributed by atoms with Gasteiger partial charge in [-0.15, -0.1) is 11.3 Å². The lowest BCUT2D eigenvalue weighted by Crippen LogP contribution is -2.28. The van der Waals surface area contributed by atoms with Gasteiger partial charge in [-0.3, -0.25) is 0 Å². The first-order chi connectivity index (χ1) is 12.6. The van der Waals surface area contributed by atoms with E-state index in [1.54, 1.807) is 12.1 Å². The number of fused-ring (bicyclic) bond motifs is 1. The summed E-state index contributed by atoms with van der Waals surface area (Å²) in [4.78, 5) is 16.7. The largest absolute Gasteiger partial charge is 0.479 e. The van der Waals surface area contributed by atoms with Gasteiger partial charge in [-0.05, 0) is 73.0 Å². The molecule has 7 heteroatoms. The molecule has 3 aromatic rings. The second-order valence-corrected chi connectivity index (χ2v) is 9.96. The van der Waals surface area contributed by atoms with E-state index in [1.165, 1.54) is 11.3 Å². The van der Waals surface area contributed by atoms with E-state index < -0.39 is 17.7 Å². The average molecular weight is 469 g/mol. The number of hydrogen-bond acceptors (Lipinski definition) is 4. The molecule has 27 heavy (non-hydrogen) atoms. The normalized spacial score (nSPS) is 13.1. The molecule has 0 saturated heterocycles. The van der Waals surface area contributed by atoms with Gasteiger partial charge in [0.1, 0.15) is 0 Å². The van der Waals surface area contributed by atoms with Crippen molar-refractivity contribution >= 4 is 55.1 Å². The molecule has 3 rings (SSSR count). The van der Waals surface area contributed by atoms with Gasteiger partial charge in [0.2, 0.25) is 0 Å². The molecular weight excluding hydrogens is 450 g/mol. The Kier molecular flexibility index (Phi) is 5.64. The fraction of sp³-hybridized carbons (Fsp3) is 0.300. The Balaban J connectivity index is 2.36. The summed E-state index contributed by atoms with van der Waals surface area (Å²) in [5.41, 5.74) is 3.36. The maximum absolute atomic E-state index is 12.1. The first-order valence-electron chi connectivity index (χ1n) is 8.33. The van der Waals surface area contributed by atoms with Crippen LogP contribution < -0.4 is 0 Å². The highest BCUT2D eigenvalue weighted by Crippen LogP contribution is 2.43. The van der Waals surface area contributed by atoms with E-state index in [0.29, 0.717) is 10.6 Å². The van der Waals surface area contributed by atoms with Crippen LogP contribution in [0.15, 0.2) is 34.2 Å². The second kappa shape index (κ2) is 7.51. The molecule has 0 unspecified atom stereocenters. The van der Waals surface area contributed by atoms with Gasteiger partial charge in [0.25, 0.3) is 0 Å². The number of thiazole rings is 1. The lowest BCUT2D eigenvalue weighted by Gasteiger charge is -2.28. The molecule has 142 valence electrons. The Bertz CT molecular complexity index is 1010. The number of rotatable bonds is 4. The standard InChI is InChI=1S/C20H19BrClNO3S/c1-10-9-13-17(27-19(21)23-13)15(11-5-7-12(22)8-6-11)14(10)16(18(24)25)26-20(2,3)4/h5-9,16H,1-4H3,(H,24,25)/t16-/m0/s1. The molecule has 0 spiro atoms. The zero-order valence-corrected chi connectivity index (χ0v) is 18.5. The number of aryl methyl sites for hydroxylation is 1. The highest BCUT2D eigenvalue weighted by molar-refractivity contribution is 9.11. The van der Waals surface area contributed by atoms with Gasteiger partial charge in [0, 0.05) is 16.1 Å². The number of carboxylic acids is 1. The van der Waals surface area contributed by atoms with Crippen LogP contribution in [-0.2, 0) is 9.53 Å². The zero-order valence-electron chi connectivity index (χ0n) is 15.3. The van der Waals surface area contributed by atoms with Gasteiger partial charge < -0.3 is 9.84 Å². The first kappa shape index (κ1) is 20.3. The molecule has 4 nitrogen and oxygen atoms in total. The van der Waals surface area contributed by atoms with E-state index in [1.807, 2.05) is 45.9 Å². The van der Waals surface area contributed by atoms with Crippen molar-refractivity contribution in [1.82, 2.24) is 4.98 Å². The molecular formula is C20H19BrClNO3S. The third-order valence-electron chi connectivity index (χ3n) is 3.99. The lowest BCUT2D eigenvalue weighted by molar-refractivity contribution is -0.160. The molecule has 1 aromatic heterocycles. The summed E-state index contributed by atoms with van der Waals surface area (Å²) in [5.74, 6) is -1.02. The number of aliphatic carboxylic acids is 1. The summed E-state index contributed by atoms with van der Waals surface area (Å²) in [6, 6.07) is 9.29. The van der Waals surface area contributed by atoms with E-state index in [-0.39, 0.29) is 0 Å². The average Bonchev–Trinajstić information content (AvgIpc) is 2.91. The van der Waals surface area contributed by atoms with Crippen molar-refractivity contribution in [2.24, 2.45) is 0 Å². The summed E-state index contributed by atoms with van der Waals surface area (Å²) in [5, 5.41) is 10.6. The minimum Gasteiger partial charge on any atom is -0.479 e. The van der Waals surface area contributed by atoms with Gasteiger partial charge >= 0.3 is 5.97 Å². The molecule has 2 aromatic carbocycles.